The molecule has 0 saturated heterocycles. The van der Waals surface area contributed by atoms with Crippen LogP contribution in [0.25, 0.3) is 0 Å². The van der Waals surface area contributed by atoms with Gasteiger partial charge in [-0.15, -0.1) is 11.7 Å². The summed E-state index contributed by atoms with van der Waals surface area (Å²) in [7, 11) is 2.03. The van der Waals surface area contributed by atoms with E-state index in [9.17, 15) is 13.8 Å². The number of aryl methyl sites for hydroxylation is 2. The third-order valence-corrected chi connectivity index (χ3v) is 13.0. The Bertz CT molecular complexity index is 2180. The first kappa shape index (κ1) is 43.7. The van der Waals surface area contributed by atoms with Crippen LogP contribution in [0.15, 0.2) is 78.1 Å². The van der Waals surface area contributed by atoms with Crippen LogP contribution < -0.4 is 19.7 Å². The molecule has 16 heteroatoms. The molecule has 4 aromatic rings. The van der Waals surface area contributed by atoms with Gasteiger partial charge in [0.15, 0.2) is 5.82 Å². The zero-order valence-corrected chi connectivity index (χ0v) is 35.9. The maximum atomic E-state index is 14.3. The lowest BCUT2D eigenvalue weighted by Crippen LogP contribution is -2.44. The summed E-state index contributed by atoms with van der Waals surface area (Å²) in [6.45, 7) is 9.39. The molecular weight excluding hydrogens is 794 g/mol. The Morgan fingerprint density at radius 3 is 2.63 bits per heavy atom. The Kier molecular flexibility index (Phi) is 15.1. The summed E-state index contributed by atoms with van der Waals surface area (Å²) >= 11 is 6.49. The van der Waals surface area contributed by atoms with Gasteiger partial charge in [0, 0.05) is 62.3 Å². The van der Waals surface area contributed by atoms with Crippen molar-refractivity contribution in [1.29, 1.82) is 0 Å². The number of ether oxygens (including phenoxy) is 4. The van der Waals surface area contributed by atoms with Crippen molar-refractivity contribution >= 4 is 39.7 Å². The molecule has 0 radical (unpaired) electrons. The number of fused-ring (bicyclic) bond motifs is 2. The zero-order valence-electron chi connectivity index (χ0n) is 34.3. The maximum Gasteiger partial charge on any atom is 0.285 e. The minimum atomic E-state index is -2.75. The molecule has 2 unspecified atom stereocenters. The molecule has 2 aromatic carbocycles. The highest BCUT2D eigenvalue weighted by Crippen LogP contribution is 2.42. The number of halogens is 1. The number of carbonyl (C=O) groups is 2. The average Bonchev–Trinajstić information content (AvgIpc) is 3.61. The van der Waals surface area contributed by atoms with Crippen molar-refractivity contribution in [1.82, 2.24) is 25.1 Å². The fourth-order valence-corrected chi connectivity index (χ4v) is 9.13. The van der Waals surface area contributed by atoms with Crippen molar-refractivity contribution in [3.05, 3.63) is 107 Å². The van der Waals surface area contributed by atoms with Gasteiger partial charge in [-0.1, -0.05) is 30.7 Å². The highest BCUT2D eigenvalue weighted by Gasteiger charge is 2.38. The molecule has 7 atom stereocenters. The Morgan fingerprint density at radius 1 is 1.12 bits per heavy atom. The second-order valence-electron chi connectivity index (χ2n) is 15.1. The molecule has 1 fully saturated rings. The Hall–Kier alpha value is -4.83. The number of nitrogens with zero attached hydrogens (tertiary/aromatic N) is 6. The number of methoxy groups -OCH3 is 2. The number of benzene rings is 2. The fraction of sp³-hybridized carbons (Fsp3) is 0.465. The number of aromatic nitrogens is 4. The lowest BCUT2D eigenvalue weighted by Gasteiger charge is -2.43. The largest absolute Gasteiger partial charge is 0.491 e. The van der Waals surface area contributed by atoms with Crippen LogP contribution in [0.2, 0.25) is 5.02 Å². The molecule has 1 aliphatic carbocycles. The Morgan fingerprint density at radius 2 is 1.92 bits per heavy atom. The van der Waals surface area contributed by atoms with Gasteiger partial charge in [-0.2, -0.15) is 4.36 Å². The van der Waals surface area contributed by atoms with Gasteiger partial charge in [0.1, 0.15) is 23.3 Å². The smallest absolute Gasteiger partial charge is 0.285 e. The normalized spacial score (nSPS) is 19.3. The molecule has 0 spiro atoms. The molecule has 2 aromatic heterocycles. The van der Waals surface area contributed by atoms with E-state index in [-0.39, 0.29) is 29.7 Å². The van der Waals surface area contributed by atoms with E-state index in [2.05, 4.69) is 42.3 Å². The Balaban J connectivity index is 1.33. The molecule has 1 aliphatic heterocycles. The van der Waals surface area contributed by atoms with E-state index >= 15 is 0 Å². The molecular formula is C43H54ClN7O7S. The Labute approximate surface area is 352 Å². The first-order chi connectivity index (χ1) is 28.5. The SMILES string of the molecule is C=C[C@H](OC)[C@@H]1CC[C@H]1CN1Cc2ccc(Cl)cc2CCCCOc2ccc(C(=O)/N=[SH](=O)\C(NC(=O)c3cn(C)nc3OC)[C@@H](C)[C@H](C)OCc3ncccn3)cc21. The molecule has 59 heavy (non-hydrogen) atoms. The number of anilines is 1. The van der Waals surface area contributed by atoms with Crippen LogP contribution in [-0.4, -0.2) is 80.7 Å². The first-order valence-electron chi connectivity index (χ1n) is 19.9. The topological polar surface area (TPSA) is 159 Å². The van der Waals surface area contributed by atoms with Crippen LogP contribution in [0.5, 0.6) is 11.6 Å². The number of rotatable bonds is 15. The average molecular weight is 848 g/mol. The van der Waals surface area contributed by atoms with Crippen LogP contribution in [-0.2, 0) is 46.7 Å². The predicted octanol–water partition coefficient (Wildman–Crippen LogP) is 6.62. The lowest BCUT2D eigenvalue weighted by atomic mass is 9.70. The monoisotopic (exact) mass is 847 g/mol. The molecule has 0 bridgehead atoms. The second kappa shape index (κ2) is 20.4. The van der Waals surface area contributed by atoms with E-state index in [1.807, 2.05) is 18.2 Å². The molecule has 2 aliphatic rings. The molecule has 1 N–H and O–H groups in total. The van der Waals surface area contributed by atoms with Gasteiger partial charge in [0.05, 0.1) is 42.2 Å². The highest BCUT2D eigenvalue weighted by molar-refractivity contribution is 7.76. The van der Waals surface area contributed by atoms with Gasteiger partial charge in [-0.05, 0) is 98.4 Å². The predicted molar refractivity (Wildman–Crippen MR) is 227 cm³/mol. The van der Waals surface area contributed by atoms with E-state index in [0.29, 0.717) is 48.1 Å². The minimum absolute atomic E-state index is 0.0719. The summed E-state index contributed by atoms with van der Waals surface area (Å²) in [6, 6.07) is 12.9. The van der Waals surface area contributed by atoms with E-state index in [0.717, 1.165) is 43.4 Å². The van der Waals surface area contributed by atoms with Crippen molar-refractivity contribution in [3.8, 4) is 11.6 Å². The molecule has 2 amide bonds. The van der Waals surface area contributed by atoms with Crippen molar-refractivity contribution in [2.75, 3.05) is 32.3 Å². The van der Waals surface area contributed by atoms with Crippen molar-refractivity contribution in [2.24, 2.45) is 29.2 Å². The van der Waals surface area contributed by atoms with E-state index in [4.69, 9.17) is 30.5 Å². The summed E-state index contributed by atoms with van der Waals surface area (Å²) in [6.07, 6.45) is 10.6. The van der Waals surface area contributed by atoms with Crippen LogP contribution in [0.4, 0.5) is 5.69 Å². The standard InChI is InChI=1S/C43H54ClN7O7S/c1-7-37(55-5)34-16-13-32(34)24-51-23-31-12-15-33(44)21-29(31)11-8-9-20-57-38-17-14-30(22-36(38)51)40(52)49-59(54)43(47-41(53)35-25-50(4)48-42(35)56-6)27(2)28(3)58-26-39-45-18-10-19-46-39/h7,10,12,14-15,17-19,21-22,25,27-28,32,34,37,43,59H,1,8-9,11,13,16,20,23-24,26H2,2-6H3,(H,47,53)/t27-,28-,32-,34+,37-,43?/m0/s1. The van der Waals surface area contributed by atoms with Gasteiger partial charge in [-0.3, -0.25) is 18.5 Å². The molecule has 316 valence electrons. The summed E-state index contributed by atoms with van der Waals surface area (Å²) < 4.78 is 43.6. The number of hydrogen-bond donors (Lipinski definition) is 2. The van der Waals surface area contributed by atoms with Crippen molar-refractivity contribution in [3.63, 3.8) is 0 Å². The van der Waals surface area contributed by atoms with Crippen LogP contribution in [0.3, 0.4) is 0 Å². The van der Waals surface area contributed by atoms with Crippen LogP contribution in [0, 0.1) is 17.8 Å². The van der Waals surface area contributed by atoms with E-state index < -0.39 is 39.8 Å². The fourth-order valence-electron chi connectivity index (χ4n) is 7.64. The number of nitrogens with one attached hydrogen (secondary N) is 1. The lowest BCUT2D eigenvalue weighted by molar-refractivity contribution is 0.0120. The number of thiol groups is 1. The third-order valence-electron chi connectivity index (χ3n) is 11.3. The van der Waals surface area contributed by atoms with Crippen LogP contribution in [0.1, 0.15) is 77.2 Å². The highest BCUT2D eigenvalue weighted by atomic mass is 35.5. The minimum Gasteiger partial charge on any atom is -0.491 e. The van der Waals surface area contributed by atoms with Crippen molar-refractivity contribution < 1.29 is 32.7 Å². The van der Waals surface area contributed by atoms with Crippen LogP contribution >= 0.6 is 11.6 Å². The van der Waals surface area contributed by atoms with Gasteiger partial charge in [-0.25, -0.2) is 9.97 Å². The summed E-state index contributed by atoms with van der Waals surface area (Å²) in [5.74, 6) is -0.0687. The van der Waals surface area contributed by atoms with E-state index in [1.54, 1.807) is 64.7 Å². The molecule has 1 saturated carbocycles. The number of hydrogen-bond acceptors (Lipinski definition) is 11. The summed E-state index contributed by atoms with van der Waals surface area (Å²) in [5.41, 5.74) is 3.42. The third kappa shape index (κ3) is 10.9. The van der Waals surface area contributed by atoms with Gasteiger partial charge in [0.25, 0.3) is 11.8 Å². The zero-order chi connectivity index (χ0) is 42.1. The molecule has 3 heterocycles. The first-order valence-corrected chi connectivity index (χ1v) is 21.6. The second-order valence-corrected chi connectivity index (χ2v) is 16.9. The number of amides is 2. The summed E-state index contributed by atoms with van der Waals surface area (Å²) in [4.78, 5) is 38.5. The quantitative estimate of drug-likeness (QED) is 0.0978. The summed E-state index contributed by atoms with van der Waals surface area (Å²) in [5, 5.41) is 6.61. The van der Waals surface area contributed by atoms with Gasteiger partial charge < -0.3 is 29.2 Å². The van der Waals surface area contributed by atoms with E-state index in [1.165, 1.54) is 23.6 Å². The maximum absolute atomic E-state index is 14.3. The van der Waals surface area contributed by atoms with Crippen molar-refractivity contribution in [2.45, 2.75) is 76.7 Å². The molecule has 6 rings (SSSR count). The number of carbonyl (C=O) groups excluding carboxylic acids is 2. The van der Waals surface area contributed by atoms with Gasteiger partial charge in [0.2, 0.25) is 5.88 Å². The molecule has 14 nitrogen and oxygen atoms in total. The van der Waals surface area contributed by atoms with Gasteiger partial charge >= 0.3 is 0 Å².